The molecule has 0 atom stereocenters. The van der Waals surface area contributed by atoms with Crippen molar-refractivity contribution in [1.82, 2.24) is 5.32 Å². The molecule has 0 aliphatic carbocycles. The number of carbonyl (C=O) groups excluding carboxylic acids is 2. The Morgan fingerprint density at radius 2 is 1.67 bits per heavy atom. The summed E-state index contributed by atoms with van der Waals surface area (Å²) in [7, 11) is 0. The van der Waals surface area contributed by atoms with Crippen LogP contribution in [0.4, 0.5) is 11.4 Å². The molecule has 2 aromatic rings. The summed E-state index contributed by atoms with van der Waals surface area (Å²) in [6.45, 7) is 4.16. The van der Waals surface area contributed by atoms with Crippen LogP contribution in [-0.4, -0.2) is 18.4 Å². The van der Waals surface area contributed by atoms with Crippen LogP contribution in [0.15, 0.2) is 65.7 Å². The van der Waals surface area contributed by atoms with Crippen LogP contribution in [0.2, 0.25) is 0 Å². The first-order valence-electron chi connectivity index (χ1n) is 8.60. The number of hydrogen-bond acceptors (Lipinski definition) is 2. The van der Waals surface area contributed by atoms with Gasteiger partial charge in [-0.1, -0.05) is 22.5 Å². The highest BCUT2D eigenvalue weighted by Crippen LogP contribution is 2.27. The van der Waals surface area contributed by atoms with Gasteiger partial charge in [0.25, 0.3) is 11.8 Å². The second kappa shape index (κ2) is 10.3. The van der Waals surface area contributed by atoms with Crippen molar-refractivity contribution in [2.75, 3.05) is 11.4 Å². The van der Waals surface area contributed by atoms with E-state index in [9.17, 15) is 9.59 Å². The quantitative estimate of drug-likeness (QED) is 0.374. The van der Waals surface area contributed by atoms with Gasteiger partial charge in [0.05, 0.1) is 0 Å². The number of amides is 2. The van der Waals surface area contributed by atoms with Crippen molar-refractivity contribution < 1.29 is 9.59 Å². The van der Waals surface area contributed by atoms with Crippen molar-refractivity contribution >= 4 is 39.1 Å². The minimum Gasteiger partial charge on any atom is -0.352 e. The Bertz CT molecular complexity index is 836. The largest absolute Gasteiger partial charge is 0.352 e. The van der Waals surface area contributed by atoms with Crippen LogP contribution in [0, 0.1) is 12.3 Å². The van der Waals surface area contributed by atoms with E-state index in [1.54, 1.807) is 29.2 Å². The smallest absolute Gasteiger partial charge is 0.254 e. The number of anilines is 2. The lowest BCUT2D eigenvalue weighted by atomic mass is 10.1. The summed E-state index contributed by atoms with van der Waals surface area (Å²) in [5, 5.41) is 2.87. The molecule has 27 heavy (non-hydrogen) atoms. The molecule has 0 bridgehead atoms. The molecule has 4 nitrogen and oxygen atoms in total. The number of rotatable bonds is 8. The normalized spacial score (nSPS) is 9.93. The van der Waals surface area contributed by atoms with Crippen molar-refractivity contribution in [2.24, 2.45) is 0 Å². The van der Waals surface area contributed by atoms with Gasteiger partial charge in [0.1, 0.15) is 0 Å². The molecule has 0 aliphatic rings. The van der Waals surface area contributed by atoms with E-state index in [4.69, 9.17) is 6.42 Å². The predicted octanol–water partition coefficient (Wildman–Crippen LogP) is 4.83. The molecule has 0 saturated carbocycles. The Morgan fingerprint density at radius 3 is 2.22 bits per heavy atom. The van der Waals surface area contributed by atoms with E-state index in [2.05, 4.69) is 33.7 Å². The Morgan fingerprint density at radius 1 is 1.07 bits per heavy atom. The number of hydrogen-bond donors (Lipinski definition) is 1. The zero-order valence-corrected chi connectivity index (χ0v) is 16.5. The lowest BCUT2D eigenvalue weighted by Crippen LogP contribution is -2.25. The maximum absolute atomic E-state index is 12.3. The van der Waals surface area contributed by atoms with E-state index in [1.807, 2.05) is 24.3 Å². The van der Waals surface area contributed by atoms with Crippen molar-refractivity contribution in [2.45, 2.75) is 19.3 Å². The zero-order chi connectivity index (χ0) is 19.6. The zero-order valence-electron chi connectivity index (χ0n) is 15.0. The molecule has 2 aromatic carbocycles. The average Bonchev–Trinajstić information content (AvgIpc) is 2.69. The van der Waals surface area contributed by atoms with Gasteiger partial charge in [0.15, 0.2) is 0 Å². The van der Waals surface area contributed by atoms with Gasteiger partial charge in [0.2, 0.25) is 0 Å². The van der Waals surface area contributed by atoms with Crippen molar-refractivity contribution in [3.63, 3.8) is 0 Å². The fraction of sp³-hybridized carbons (Fsp3) is 0.182. The van der Waals surface area contributed by atoms with E-state index < -0.39 is 0 Å². The van der Waals surface area contributed by atoms with Crippen LogP contribution in [0.1, 0.15) is 29.6 Å². The monoisotopic (exact) mass is 424 g/mol. The predicted molar refractivity (Wildman–Crippen MR) is 113 cm³/mol. The number of nitrogens with zero attached hydrogens (tertiary/aromatic N) is 1. The summed E-state index contributed by atoms with van der Waals surface area (Å²) < 4.78 is 0.923. The molecule has 0 heterocycles. The standard InChI is InChI=1S/C22H21BrN2O2/c1-3-5-6-7-16-24-22(27)17-8-12-19(13-9-17)25(21(26)4-2)20-14-10-18(23)11-15-20/h1,4,8-15H,2,5-7,16H2,(H,24,27). The lowest BCUT2D eigenvalue weighted by molar-refractivity contribution is -0.113. The molecule has 0 aliphatic heterocycles. The number of nitrogens with one attached hydrogen (secondary N) is 1. The van der Waals surface area contributed by atoms with E-state index >= 15 is 0 Å². The van der Waals surface area contributed by atoms with Gasteiger partial charge in [-0.3, -0.25) is 14.5 Å². The van der Waals surface area contributed by atoms with Gasteiger partial charge in [-0.05, 0) is 67.4 Å². The van der Waals surface area contributed by atoms with Gasteiger partial charge in [-0.25, -0.2) is 0 Å². The Labute approximate surface area is 168 Å². The average molecular weight is 425 g/mol. The Hall–Kier alpha value is -2.84. The van der Waals surface area contributed by atoms with Gasteiger partial charge >= 0.3 is 0 Å². The molecule has 0 spiro atoms. The Balaban J connectivity index is 2.11. The second-order valence-electron chi connectivity index (χ2n) is 5.82. The van der Waals surface area contributed by atoms with E-state index in [1.165, 1.54) is 6.08 Å². The first kappa shape index (κ1) is 20.5. The first-order chi connectivity index (χ1) is 13.1. The molecule has 0 unspecified atom stereocenters. The fourth-order valence-corrected chi connectivity index (χ4v) is 2.77. The molecular weight excluding hydrogens is 404 g/mol. The summed E-state index contributed by atoms with van der Waals surface area (Å²) in [6, 6.07) is 14.3. The fourth-order valence-electron chi connectivity index (χ4n) is 2.50. The topological polar surface area (TPSA) is 49.4 Å². The highest BCUT2D eigenvalue weighted by molar-refractivity contribution is 9.10. The third kappa shape index (κ3) is 5.83. The van der Waals surface area contributed by atoms with E-state index in [0.29, 0.717) is 29.9 Å². The van der Waals surface area contributed by atoms with Crippen molar-refractivity contribution in [1.29, 1.82) is 0 Å². The summed E-state index contributed by atoms with van der Waals surface area (Å²) in [4.78, 5) is 26.1. The molecule has 1 N–H and O–H groups in total. The van der Waals surface area contributed by atoms with Crippen molar-refractivity contribution in [3.8, 4) is 12.3 Å². The van der Waals surface area contributed by atoms with Crippen LogP contribution < -0.4 is 10.2 Å². The number of terminal acetylenes is 1. The third-order valence-corrected chi connectivity index (χ3v) is 4.43. The summed E-state index contributed by atoms with van der Waals surface area (Å²) >= 11 is 3.39. The molecular formula is C22H21BrN2O2. The highest BCUT2D eigenvalue weighted by atomic mass is 79.9. The number of unbranched alkanes of at least 4 members (excludes halogenated alkanes) is 2. The molecule has 0 radical (unpaired) electrons. The van der Waals surface area contributed by atoms with Crippen LogP contribution >= 0.6 is 15.9 Å². The van der Waals surface area contributed by atoms with Crippen LogP contribution in [0.25, 0.3) is 0 Å². The van der Waals surface area contributed by atoms with Gasteiger partial charge in [0, 0.05) is 34.4 Å². The first-order valence-corrected chi connectivity index (χ1v) is 9.40. The summed E-state index contributed by atoms with van der Waals surface area (Å²) in [6.07, 6.45) is 8.92. The number of halogens is 1. The maximum Gasteiger partial charge on any atom is 0.254 e. The van der Waals surface area contributed by atoms with Crippen LogP contribution in [-0.2, 0) is 4.79 Å². The van der Waals surface area contributed by atoms with E-state index in [-0.39, 0.29) is 11.8 Å². The SMILES string of the molecule is C#CCCCCNC(=O)c1ccc(N(C(=O)C=C)c2ccc(Br)cc2)cc1. The summed E-state index contributed by atoms with van der Waals surface area (Å²) in [5.41, 5.74) is 1.92. The maximum atomic E-state index is 12.3. The molecule has 5 heteroatoms. The minimum atomic E-state index is -0.247. The van der Waals surface area contributed by atoms with Crippen LogP contribution in [0.3, 0.4) is 0 Å². The molecule has 138 valence electrons. The highest BCUT2D eigenvalue weighted by Gasteiger charge is 2.16. The molecule has 0 aromatic heterocycles. The third-order valence-electron chi connectivity index (χ3n) is 3.90. The molecule has 2 rings (SSSR count). The minimum absolute atomic E-state index is 0.146. The number of benzene rings is 2. The Kier molecular flexibility index (Phi) is 7.84. The van der Waals surface area contributed by atoms with Gasteiger partial charge in [-0.15, -0.1) is 12.3 Å². The molecule has 0 saturated heterocycles. The molecule has 2 amide bonds. The van der Waals surface area contributed by atoms with E-state index in [0.717, 1.165) is 17.3 Å². The molecule has 0 fully saturated rings. The van der Waals surface area contributed by atoms with Gasteiger partial charge in [-0.2, -0.15) is 0 Å². The second-order valence-corrected chi connectivity index (χ2v) is 6.73. The van der Waals surface area contributed by atoms with Gasteiger partial charge < -0.3 is 5.32 Å². The summed E-state index contributed by atoms with van der Waals surface area (Å²) in [5.74, 6) is 2.19. The van der Waals surface area contributed by atoms with Crippen molar-refractivity contribution in [3.05, 3.63) is 71.2 Å². The lowest BCUT2D eigenvalue weighted by Gasteiger charge is -2.22. The number of carbonyl (C=O) groups is 2. The van der Waals surface area contributed by atoms with Crippen LogP contribution in [0.5, 0.6) is 0 Å².